The summed E-state index contributed by atoms with van der Waals surface area (Å²) >= 11 is 0. The second kappa shape index (κ2) is 18.2. The third kappa shape index (κ3) is 6.84. The lowest BCUT2D eigenvalue weighted by Crippen LogP contribution is -2.22. The molecule has 3 aromatic heterocycles. The van der Waals surface area contributed by atoms with Crippen LogP contribution in [0, 0.1) is 0 Å². The molecule has 3 heterocycles. The molecule has 0 bridgehead atoms. The molecule has 13 aromatic carbocycles. The van der Waals surface area contributed by atoms with Crippen molar-refractivity contribution in [1.29, 1.82) is 0 Å². The molecule has 0 spiro atoms. The number of para-hydroxylation sites is 6. The Labute approximate surface area is 524 Å². The van der Waals surface area contributed by atoms with Crippen molar-refractivity contribution < 1.29 is 0 Å². The van der Waals surface area contributed by atoms with Crippen LogP contribution in [0.3, 0.4) is 0 Å². The molecule has 3 aliphatic rings. The van der Waals surface area contributed by atoms with Gasteiger partial charge in [0, 0.05) is 65.6 Å². The molecule has 19 rings (SSSR count). The molecular formula is C87H63N3. The Balaban J connectivity index is 0.846. The van der Waals surface area contributed by atoms with Crippen LogP contribution in [0.15, 0.2) is 273 Å². The number of aromatic nitrogens is 3. The summed E-state index contributed by atoms with van der Waals surface area (Å²) in [5.74, 6) is 0. The van der Waals surface area contributed by atoms with E-state index in [-0.39, 0.29) is 16.2 Å². The standard InChI is InChI=1S/C87H63N3/c1-85(2)70-40-34-52(55-37-43-76-64(46-55)61-28-16-19-31-73(61)88(76)58-22-10-7-11-23-58)49-67(70)79-82(85)80-68-50-53(56-38-44-77-65(47-56)62-29-17-20-32-74(62)89(77)59-24-12-8-13-25-59)35-41-71(68)86(3,4)84(80)81-69-51-54(36-42-72(69)87(5,6)83(79)81)57-39-45-78-66(48-57)63-30-18-21-33-75(63)90(78)60-26-14-9-15-27-60/h7-51H,1-6H3. The van der Waals surface area contributed by atoms with E-state index < -0.39 is 0 Å². The summed E-state index contributed by atoms with van der Waals surface area (Å²) in [5.41, 5.74) is 34.0. The lowest BCUT2D eigenvalue weighted by Gasteiger charge is -2.31. The van der Waals surface area contributed by atoms with Gasteiger partial charge < -0.3 is 13.7 Å². The van der Waals surface area contributed by atoms with E-state index in [0.717, 1.165) is 0 Å². The summed E-state index contributed by atoms with van der Waals surface area (Å²) < 4.78 is 7.25. The van der Waals surface area contributed by atoms with Gasteiger partial charge in [0.25, 0.3) is 0 Å². The second-order valence-electron chi connectivity index (χ2n) is 27.2. The van der Waals surface area contributed by atoms with Gasteiger partial charge in [-0.1, -0.05) is 205 Å². The van der Waals surface area contributed by atoms with E-state index in [2.05, 4.69) is 328 Å². The molecule has 16 aromatic rings. The zero-order chi connectivity index (χ0) is 60.1. The zero-order valence-electron chi connectivity index (χ0n) is 51.3. The van der Waals surface area contributed by atoms with Gasteiger partial charge >= 0.3 is 0 Å². The number of benzene rings is 13. The second-order valence-corrected chi connectivity index (χ2v) is 27.2. The van der Waals surface area contributed by atoms with Gasteiger partial charge in [-0.3, -0.25) is 0 Å². The average Bonchev–Trinajstić information content (AvgIpc) is 1.50. The van der Waals surface area contributed by atoms with Crippen molar-refractivity contribution >= 4 is 65.4 Å². The van der Waals surface area contributed by atoms with E-state index in [1.165, 1.54) is 183 Å². The van der Waals surface area contributed by atoms with Crippen LogP contribution >= 0.6 is 0 Å². The highest BCUT2D eigenvalue weighted by Crippen LogP contribution is 2.68. The van der Waals surface area contributed by atoms with E-state index in [4.69, 9.17) is 0 Å². The fourth-order valence-corrected chi connectivity index (χ4v) is 17.3. The predicted octanol–water partition coefficient (Wildman–Crippen LogP) is 22.9. The van der Waals surface area contributed by atoms with Crippen molar-refractivity contribution in [2.75, 3.05) is 0 Å². The Bertz CT molecular complexity index is 5190. The van der Waals surface area contributed by atoms with Crippen LogP contribution in [-0.2, 0) is 16.2 Å². The van der Waals surface area contributed by atoms with Crippen LogP contribution in [-0.4, -0.2) is 13.7 Å². The smallest absolute Gasteiger partial charge is 0.0541 e. The monoisotopic (exact) mass is 1150 g/mol. The van der Waals surface area contributed by atoms with Crippen molar-refractivity contribution in [2.24, 2.45) is 0 Å². The molecule has 0 saturated heterocycles. The lowest BCUT2D eigenvalue weighted by molar-refractivity contribution is 0.636. The van der Waals surface area contributed by atoms with Crippen LogP contribution in [0.2, 0.25) is 0 Å². The molecule has 0 fully saturated rings. The number of hydrogen-bond donors (Lipinski definition) is 0. The highest BCUT2D eigenvalue weighted by molar-refractivity contribution is 6.14. The Morgan fingerprint density at radius 1 is 0.211 bits per heavy atom. The minimum Gasteiger partial charge on any atom is -0.309 e. The predicted molar refractivity (Wildman–Crippen MR) is 378 cm³/mol. The first kappa shape index (κ1) is 51.3. The fourth-order valence-electron chi connectivity index (χ4n) is 17.3. The number of rotatable bonds is 6. The highest BCUT2D eigenvalue weighted by atomic mass is 15.0. The molecular weight excluding hydrogens is 1090 g/mol. The summed E-state index contributed by atoms with van der Waals surface area (Å²) in [6, 6.07) is 103. The molecule has 426 valence electrons. The van der Waals surface area contributed by atoms with E-state index in [9.17, 15) is 0 Å². The van der Waals surface area contributed by atoms with Gasteiger partial charge in [0.1, 0.15) is 0 Å². The van der Waals surface area contributed by atoms with Crippen molar-refractivity contribution in [3.05, 3.63) is 306 Å². The van der Waals surface area contributed by atoms with E-state index in [1.807, 2.05) is 0 Å². The summed E-state index contributed by atoms with van der Waals surface area (Å²) in [7, 11) is 0. The first-order valence-corrected chi connectivity index (χ1v) is 31.9. The largest absolute Gasteiger partial charge is 0.309 e. The van der Waals surface area contributed by atoms with Gasteiger partial charge in [-0.05, 0) is 209 Å². The number of nitrogens with zero attached hydrogens (tertiary/aromatic N) is 3. The SMILES string of the molecule is CC1(C)c2ccc(-c3ccc4c(c3)c3ccccc3n4-c3ccccc3)cc2-c2c1c1c(c3c2C(C)(C)c2ccc(-c4ccc5c(c4)c4ccccc4n5-c4ccccc4)cc2-3)C(C)(C)c2ccc(-c3ccc4c(c3)c3ccccc3n4-c3ccccc3)cc2-1. The van der Waals surface area contributed by atoms with Gasteiger partial charge in [0.2, 0.25) is 0 Å². The Morgan fingerprint density at radius 3 is 0.733 bits per heavy atom. The van der Waals surface area contributed by atoms with Crippen LogP contribution in [0.5, 0.6) is 0 Å². The third-order valence-electron chi connectivity index (χ3n) is 21.3. The highest BCUT2D eigenvalue weighted by Gasteiger charge is 2.52. The Hall–Kier alpha value is -10.7. The van der Waals surface area contributed by atoms with Gasteiger partial charge in [-0.2, -0.15) is 0 Å². The van der Waals surface area contributed by atoms with Crippen LogP contribution < -0.4 is 0 Å². The van der Waals surface area contributed by atoms with E-state index in [1.54, 1.807) is 0 Å². The summed E-state index contributed by atoms with van der Waals surface area (Å²) in [6.07, 6.45) is 0. The molecule has 0 aliphatic heterocycles. The van der Waals surface area contributed by atoms with Gasteiger partial charge in [0.05, 0.1) is 33.1 Å². The van der Waals surface area contributed by atoms with Crippen molar-refractivity contribution in [3.63, 3.8) is 0 Å². The maximum atomic E-state index is 2.57. The minimum atomic E-state index is -0.328. The zero-order valence-corrected chi connectivity index (χ0v) is 51.3. The van der Waals surface area contributed by atoms with Crippen LogP contribution in [0.1, 0.15) is 74.9 Å². The maximum absolute atomic E-state index is 2.57. The first-order valence-electron chi connectivity index (χ1n) is 31.9. The van der Waals surface area contributed by atoms with Crippen LogP contribution in [0.4, 0.5) is 0 Å². The summed E-state index contributed by atoms with van der Waals surface area (Å²) in [5, 5.41) is 7.56. The maximum Gasteiger partial charge on any atom is 0.0541 e. The van der Waals surface area contributed by atoms with Gasteiger partial charge in [-0.15, -0.1) is 0 Å². The number of fused-ring (bicyclic) bond motifs is 21. The Morgan fingerprint density at radius 2 is 0.444 bits per heavy atom. The van der Waals surface area contributed by atoms with Gasteiger partial charge in [0.15, 0.2) is 0 Å². The van der Waals surface area contributed by atoms with Crippen LogP contribution in [0.25, 0.3) is 149 Å². The molecule has 90 heavy (non-hydrogen) atoms. The summed E-state index contributed by atoms with van der Waals surface area (Å²) in [4.78, 5) is 0. The van der Waals surface area contributed by atoms with Crippen molar-refractivity contribution in [1.82, 2.24) is 13.7 Å². The lowest BCUT2D eigenvalue weighted by atomic mass is 9.71. The third-order valence-corrected chi connectivity index (χ3v) is 21.3. The van der Waals surface area contributed by atoms with Crippen molar-refractivity contribution in [2.45, 2.75) is 57.8 Å². The molecule has 0 saturated carbocycles. The van der Waals surface area contributed by atoms with Crippen molar-refractivity contribution in [3.8, 4) is 83.8 Å². The quantitative estimate of drug-likeness (QED) is 0.158. The minimum absolute atomic E-state index is 0.328. The van der Waals surface area contributed by atoms with E-state index >= 15 is 0 Å². The van der Waals surface area contributed by atoms with Gasteiger partial charge in [-0.25, -0.2) is 0 Å². The molecule has 0 radical (unpaired) electrons. The summed E-state index contributed by atoms with van der Waals surface area (Å²) in [6.45, 7) is 15.1. The average molecular weight is 1150 g/mol. The normalized spacial score (nSPS) is 14.6. The Kier molecular flexibility index (Phi) is 10.4. The first-order chi connectivity index (χ1) is 43.9. The molecule has 3 heteroatoms. The molecule has 0 N–H and O–H groups in total. The van der Waals surface area contributed by atoms with E-state index in [0.29, 0.717) is 0 Å². The molecule has 0 atom stereocenters. The number of hydrogen-bond acceptors (Lipinski definition) is 0. The molecule has 0 amide bonds. The molecule has 3 aliphatic carbocycles. The molecule has 0 unspecified atom stereocenters. The fraction of sp³-hybridized carbons (Fsp3) is 0.103. The molecule has 3 nitrogen and oxygen atoms in total. The topological polar surface area (TPSA) is 14.8 Å².